The van der Waals surface area contributed by atoms with E-state index in [4.69, 9.17) is 0 Å². The lowest BCUT2D eigenvalue weighted by Gasteiger charge is -2.29. The van der Waals surface area contributed by atoms with Crippen molar-refractivity contribution in [3.63, 3.8) is 0 Å². The monoisotopic (exact) mass is 313 g/mol. The van der Waals surface area contributed by atoms with Crippen molar-refractivity contribution in [1.29, 1.82) is 0 Å². The fourth-order valence-electron chi connectivity index (χ4n) is 1.90. The average molecular weight is 313 g/mol. The van der Waals surface area contributed by atoms with Gasteiger partial charge in [-0.05, 0) is 26.0 Å². The number of hydrogen-bond donors (Lipinski definition) is 0. The molecule has 6 nitrogen and oxygen atoms in total. The number of amides is 1. The predicted molar refractivity (Wildman–Crippen MR) is 84.3 cm³/mol. The Balaban J connectivity index is 3.13. The van der Waals surface area contributed by atoms with Crippen LogP contribution in [0.5, 0.6) is 0 Å². The molecule has 1 rings (SSSR count). The molecule has 0 saturated heterocycles. The SMILES string of the molecule is CCN(CC)C(=O)CN(c1ccccc1)S(=O)(=O)N(C)C. The molecule has 1 aromatic rings. The van der Waals surface area contributed by atoms with E-state index < -0.39 is 10.2 Å². The first kappa shape index (κ1) is 17.5. The van der Waals surface area contributed by atoms with Crippen molar-refractivity contribution >= 4 is 21.8 Å². The Morgan fingerprint density at radius 3 is 2.00 bits per heavy atom. The van der Waals surface area contributed by atoms with Crippen molar-refractivity contribution in [3.05, 3.63) is 30.3 Å². The van der Waals surface area contributed by atoms with Crippen LogP contribution in [0, 0.1) is 0 Å². The maximum atomic E-state index is 12.4. The molecule has 0 aliphatic heterocycles. The summed E-state index contributed by atoms with van der Waals surface area (Å²) in [4.78, 5) is 13.9. The van der Waals surface area contributed by atoms with Gasteiger partial charge in [0.15, 0.2) is 0 Å². The maximum absolute atomic E-state index is 12.4. The van der Waals surface area contributed by atoms with E-state index in [-0.39, 0.29) is 12.5 Å². The number of carbonyl (C=O) groups excluding carboxylic acids is 1. The Morgan fingerprint density at radius 2 is 1.57 bits per heavy atom. The summed E-state index contributed by atoms with van der Waals surface area (Å²) in [5.74, 6) is -0.214. The lowest BCUT2D eigenvalue weighted by molar-refractivity contribution is -0.129. The maximum Gasteiger partial charge on any atom is 0.304 e. The number of nitrogens with zero attached hydrogens (tertiary/aromatic N) is 3. The van der Waals surface area contributed by atoms with E-state index in [1.165, 1.54) is 14.1 Å². The number of anilines is 1. The zero-order valence-electron chi connectivity index (χ0n) is 13.0. The molecule has 0 spiro atoms. The minimum atomic E-state index is -3.72. The molecule has 1 amide bonds. The second kappa shape index (κ2) is 7.42. The lowest BCUT2D eigenvalue weighted by atomic mass is 10.3. The number of benzene rings is 1. The van der Waals surface area contributed by atoms with Crippen molar-refractivity contribution in [2.45, 2.75) is 13.8 Å². The smallest absolute Gasteiger partial charge is 0.304 e. The highest BCUT2D eigenvalue weighted by atomic mass is 32.2. The van der Waals surface area contributed by atoms with Crippen LogP contribution in [0.2, 0.25) is 0 Å². The number of carbonyl (C=O) groups is 1. The molecule has 0 aromatic heterocycles. The van der Waals surface area contributed by atoms with E-state index >= 15 is 0 Å². The summed E-state index contributed by atoms with van der Waals surface area (Å²) >= 11 is 0. The van der Waals surface area contributed by atoms with Gasteiger partial charge in [0, 0.05) is 27.2 Å². The molecule has 0 saturated carbocycles. The van der Waals surface area contributed by atoms with Crippen molar-refractivity contribution in [2.75, 3.05) is 38.0 Å². The van der Waals surface area contributed by atoms with Crippen LogP contribution in [0.1, 0.15) is 13.8 Å². The van der Waals surface area contributed by atoms with Crippen LogP contribution in [0.25, 0.3) is 0 Å². The van der Waals surface area contributed by atoms with Crippen LogP contribution in [0.4, 0.5) is 5.69 Å². The van der Waals surface area contributed by atoms with Gasteiger partial charge in [-0.1, -0.05) is 18.2 Å². The Morgan fingerprint density at radius 1 is 1.05 bits per heavy atom. The van der Waals surface area contributed by atoms with Gasteiger partial charge >= 0.3 is 10.2 Å². The molecule has 1 aromatic carbocycles. The summed E-state index contributed by atoms with van der Waals surface area (Å²) in [5.41, 5.74) is 0.478. The summed E-state index contributed by atoms with van der Waals surface area (Å²) in [7, 11) is -0.815. The average Bonchev–Trinajstić information content (AvgIpc) is 2.46. The quantitative estimate of drug-likeness (QED) is 0.759. The predicted octanol–water partition coefficient (Wildman–Crippen LogP) is 1.17. The summed E-state index contributed by atoms with van der Waals surface area (Å²) in [6.07, 6.45) is 0. The third-order valence-electron chi connectivity index (χ3n) is 3.18. The second-order valence-electron chi connectivity index (χ2n) is 4.70. The van der Waals surface area contributed by atoms with E-state index in [1.807, 2.05) is 13.8 Å². The largest absolute Gasteiger partial charge is 0.342 e. The van der Waals surface area contributed by atoms with E-state index in [0.717, 1.165) is 8.61 Å². The van der Waals surface area contributed by atoms with Gasteiger partial charge in [0.05, 0.1) is 5.69 Å². The molecular formula is C14H23N3O3S. The third kappa shape index (κ3) is 4.18. The number of likely N-dealkylation sites (N-methyl/N-ethyl adjacent to an activating group) is 1. The van der Waals surface area contributed by atoms with Gasteiger partial charge in [-0.25, -0.2) is 4.31 Å². The Hall–Kier alpha value is -1.60. The molecule has 0 heterocycles. The number of rotatable bonds is 7. The van der Waals surface area contributed by atoms with Gasteiger partial charge < -0.3 is 4.90 Å². The van der Waals surface area contributed by atoms with Crippen molar-refractivity contribution in [1.82, 2.24) is 9.21 Å². The highest BCUT2D eigenvalue weighted by Gasteiger charge is 2.28. The van der Waals surface area contributed by atoms with Gasteiger partial charge in [0.25, 0.3) is 0 Å². The fraction of sp³-hybridized carbons (Fsp3) is 0.500. The topological polar surface area (TPSA) is 60.9 Å². The summed E-state index contributed by atoms with van der Waals surface area (Å²) in [6, 6.07) is 8.65. The standard InChI is InChI=1S/C14H23N3O3S/c1-5-16(6-2)14(18)12-17(21(19,20)15(3)4)13-10-8-7-9-11-13/h7-11H,5-6,12H2,1-4H3. The van der Waals surface area contributed by atoms with Crippen molar-refractivity contribution in [3.8, 4) is 0 Å². The molecular weight excluding hydrogens is 290 g/mol. The van der Waals surface area contributed by atoms with E-state index in [0.29, 0.717) is 18.8 Å². The first-order valence-electron chi connectivity index (χ1n) is 6.87. The molecule has 21 heavy (non-hydrogen) atoms. The van der Waals surface area contributed by atoms with E-state index in [1.54, 1.807) is 35.2 Å². The minimum absolute atomic E-state index is 0.202. The Kier molecular flexibility index (Phi) is 6.17. The molecule has 0 aliphatic carbocycles. The fourth-order valence-corrected chi connectivity index (χ4v) is 2.95. The van der Waals surface area contributed by atoms with Crippen molar-refractivity contribution in [2.24, 2.45) is 0 Å². The van der Waals surface area contributed by atoms with Gasteiger partial charge in [-0.2, -0.15) is 12.7 Å². The highest BCUT2D eigenvalue weighted by Crippen LogP contribution is 2.19. The first-order chi connectivity index (χ1) is 9.84. The Bertz CT molecular complexity index is 554. The second-order valence-corrected chi connectivity index (χ2v) is 6.77. The normalized spacial score (nSPS) is 11.5. The van der Waals surface area contributed by atoms with Crippen LogP contribution >= 0.6 is 0 Å². The van der Waals surface area contributed by atoms with Crippen LogP contribution < -0.4 is 4.31 Å². The molecule has 0 radical (unpaired) electrons. The lowest BCUT2D eigenvalue weighted by Crippen LogP contribution is -2.46. The number of hydrogen-bond acceptors (Lipinski definition) is 3. The zero-order chi connectivity index (χ0) is 16.0. The molecule has 0 aliphatic rings. The molecule has 0 fully saturated rings. The van der Waals surface area contributed by atoms with Crippen LogP contribution in [0.15, 0.2) is 30.3 Å². The summed E-state index contributed by atoms with van der Waals surface area (Å²) < 4.78 is 27.1. The molecule has 0 atom stereocenters. The number of para-hydroxylation sites is 1. The molecule has 0 N–H and O–H groups in total. The minimum Gasteiger partial charge on any atom is -0.342 e. The van der Waals surface area contributed by atoms with Gasteiger partial charge in [0.2, 0.25) is 5.91 Å². The molecule has 0 bridgehead atoms. The molecule has 118 valence electrons. The zero-order valence-corrected chi connectivity index (χ0v) is 13.8. The highest BCUT2D eigenvalue weighted by molar-refractivity contribution is 7.90. The van der Waals surface area contributed by atoms with Gasteiger partial charge in [-0.15, -0.1) is 0 Å². The summed E-state index contributed by atoms with van der Waals surface area (Å²) in [6.45, 7) is 4.65. The van der Waals surface area contributed by atoms with Gasteiger partial charge in [-0.3, -0.25) is 4.79 Å². The third-order valence-corrected chi connectivity index (χ3v) is 5.00. The molecule has 0 unspecified atom stereocenters. The molecule has 7 heteroatoms. The van der Waals surface area contributed by atoms with Gasteiger partial charge in [0.1, 0.15) is 6.54 Å². The van der Waals surface area contributed by atoms with E-state index in [9.17, 15) is 13.2 Å². The van der Waals surface area contributed by atoms with Crippen LogP contribution in [0.3, 0.4) is 0 Å². The Labute approximate surface area is 127 Å². The summed E-state index contributed by atoms with van der Waals surface area (Å²) in [5, 5.41) is 0. The van der Waals surface area contributed by atoms with Crippen LogP contribution in [-0.4, -0.2) is 57.3 Å². The van der Waals surface area contributed by atoms with Crippen LogP contribution in [-0.2, 0) is 15.0 Å². The first-order valence-corrected chi connectivity index (χ1v) is 8.27. The van der Waals surface area contributed by atoms with E-state index in [2.05, 4.69) is 0 Å². The van der Waals surface area contributed by atoms with Crippen molar-refractivity contribution < 1.29 is 13.2 Å².